The van der Waals surface area contributed by atoms with Crippen LogP contribution in [0.5, 0.6) is 0 Å². The average molecular weight is 1870 g/mol. The number of rotatable bonds is 16. The molecule has 4 aliphatic rings. The molecule has 4 aliphatic carbocycles. The summed E-state index contributed by atoms with van der Waals surface area (Å²) in [6, 6.07) is 64.3. The van der Waals surface area contributed by atoms with Gasteiger partial charge in [0.2, 0.25) is 0 Å². The molecule has 0 amide bonds. The summed E-state index contributed by atoms with van der Waals surface area (Å²) in [7, 11) is 0. The van der Waals surface area contributed by atoms with Crippen molar-refractivity contribution in [1.82, 2.24) is 0 Å². The van der Waals surface area contributed by atoms with Crippen molar-refractivity contribution in [2.24, 2.45) is 16.7 Å². The lowest BCUT2D eigenvalue weighted by atomic mass is 9.70. The van der Waals surface area contributed by atoms with Crippen LogP contribution >= 0.6 is 0 Å². The van der Waals surface area contributed by atoms with Gasteiger partial charge in [-0.15, -0.1) is 0 Å². The van der Waals surface area contributed by atoms with E-state index in [-0.39, 0.29) is 55.6 Å². The highest BCUT2D eigenvalue weighted by molar-refractivity contribution is 5.47. The van der Waals surface area contributed by atoms with Gasteiger partial charge in [0, 0.05) is 6.85 Å². The zero-order chi connectivity index (χ0) is 107. The van der Waals surface area contributed by atoms with Crippen molar-refractivity contribution >= 4 is 0 Å². The summed E-state index contributed by atoms with van der Waals surface area (Å²) < 4.78 is 83.9. The van der Waals surface area contributed by atoms with Crippen LogP contribution in [0.4, 0.5) is 13.2 Å². The smallest absolute Gasteiger partial charge is 0.171 e. The monoisotopic (exact) mass is 1870 g/mol. The number of alkyl halides is 3. The van der Waals surface area contributed by atoms with E-state index in [1.165, 1.54) is 177 Å². The third kappa shape index (κ3) is 39.8. The fourth-order valence-electron chi connectivity index (χ4n) is 20.8. The minimum atomic E-state index is -4.18. The van der Waals surface area contributed by atoms with E-state index in [9.17, 15) is 15.9 Å². The first-order valence-electron chi connectivity index (χ1n) is 56.8. The molecule has 8 aromatic rings. The van der Waals surface area contributed by atoms with E-state index in [0.29, 0.717) is 11.3 Å². The first kappa shape index (κ1) is 113. The molecule has 0 unspecified atom stereocenters. The first-order chi connectivity index (χ1) is 64.9. The van der Waals surface area contributed by atoms with Crippen LogP contribution in [-0.4, -0.2) is 6.18 Å². The van der Waals surface area contributed by atoms with Crippen molar-refractivity contribution in [1.29, 1.82) is 0 Å². The van der Waals surface area contributed by atoms with Gasteiger partial charge in [-0.3, -0.25) is 0 Å². The summed E-state index contributed by atoms with van der Waals surface area (Å²) in [5.41, 5.74) is 23.4. The maximum Gasteiger partial charge on any atom is 0.394 e. The van der Waals surface area contributed by atoms with Crippen LogP contribution in [0.2, 0.25) is 0 Å². The molecule has 136 heavy (non-hydrogen) atoms. The van der Waals surface area contributed by atoms with Crippen LogP contribution in [0.25, 0.3) is 0 Å². The average Bonchev–Trinajstić information content (AvgIpc) is 0.671. The zero-order valence-electron chi connectivity index (χ0n) is 100. The molecular weight excluding hydrogens is 1650 g/mol. The van der Waals surface area contributed by atoms with Crippen LogP contribution in [0.1, 0.15) is 572 Å². The molecule has 0 spiro atoms. The quantitative estimate of drug-likeness (QED) is 0.0904. The van der Waals surface area contributed by atoms with Crippen molar-refractivity contribution in [2.45, 2.75) is 534 Å². The maximum absolute atomic E-state index is 12.9. The molecule has 0 saturated heterocycles. The Bertz CT molecular complexity index is 4870. The predicted molar refractivity (Wildman–Crippen MR) is 602 cm³/mol. The Hall–Kier alpha value is -6.45. The SMILES string of the molecule is CC.CC(C)(C)Cc1ccccc1C(C)(C)C.CC(C)(C)c1ccccc1C1CCCCC1.CC(C)(C)c1ccccc1CC(C)(C)C(F)(F)F.CC(C)Cc1ccccc1C(C)(C)C.CC(C)c1ccccc1C(C)(C)C.[2H]C(CC)(CC)c1cccc(C([2H])(CC)CC)c1C(C)(C)C.[2H]C1(c2cccc(C3([2H])CCCCC3)c2C(C)(C)C)CCCCC1.[2H]C1(c2ccccc2C(C)(C)C)CCCCC1. The topological polar surface area (TPSA) is 0 Å². The number of halogens is 3. The molecule has 0 N–H and O–H groups in total. The van der Waals surface area contributed by atoms with Gasteiger partial charge in [0.05, 0.1) is 5.41 Å². The van der Waals surface area contributed by atoms with Crippen molar-refractivity contribution < 1.29 is 20.0 Å². The van der Waals surface area contributed by atoms with Gasteiger partial charge in [-0.2, -0.15) is 13.2 Å². The van der Waals surface area contributed by atoms with Crippen molar-refractivity contribution in [3.8, 4) is 0 Å². The van der Waals surface area contributed by atoms with E-state index < -0.39 is 35.2 Å². The fourth-order valence-corrected chi connectivity index (χ4v) is 20.8. The molecule has 3 heteroatoms. The van der Waals surface area contributed by atoms with Gasteiger partial charge in [-0.05, 0) is 292 Å². The van der Waals surface area contributed by atoms with Crippen molar-refractivity contribution in [3.05, 3.63) is 282 Å². The largest absolute Gasteiger partial charge is 0.394 e. The maximum atomic E-state index is 12.9. The minimum absolute atomic E-state index is 0.0110. The second-order valence-electron chi connectivity index (χ2n) is 50.6. The highest BCUT2D eigenvalue weighted by atomic mass is 19.4. The molecule has 0 aliphatic heterocycles. The lowest BCUT2D eigenvalue weighted by Crippen LogP contribution is -2.34. The van der Waals surface area contributed by atoms with E-state index in [0.717, 1.165) is 105 Å². The van der Waals surface area contributed by atoms with Crippen LogP contribution in [0.3, 0.4) is 0 Å². The van der Waals surface area contributed by atoms with Gasteiger partial charge in [-0.1, -0.05) is 529 Å². The zero-order valence-corrected chi connectivity index (χ0v) is 95.3. The summed E-state index contributed by atoms with van der Waals surface area (Å²) in [6.07, 6.45) is 25.4. The van der Waals surface area contributed by atoms with Gasteiger partial charge in [0.1, 0.15) is 0 Å². The highest BCUT2D eigenvalue weighted by Crippen LogP contribution is 2.49. The van der Waals surface area contributed by atoms with Crippen molar-refractivity contribution in [3.63, 3.8) is 0 Å². The molecule has 4 fully saturated rings. The number of benzene rings is 8. The fraction of sp³-hybridized carbons (Fsp3) is 0.639. The summed E-state index contributed by atoms with van der Waals surface area (Å²) in [4.78, 5) is 0. The highest BCUT2D eigenvalue weighted by Gasteiger charge is 2.48. The molecule has 0 radical (unpaired) electrons. The lowest BCUT2D eigenvalue weighted by Gasteiger charge is -2.35. The van der Waals surface area contributed by atoms with Gasteiger partial charge < -0.3 is 0 Å². The van der Waals surface area contributed by atoms with Crippen LogP contribution in [0, 0.1) is 16.7 Å². The Morgan fingerprint density at radius 3 is 0.860 bits per heavy atom. The Morgan fingerprint density at radius 2 is 0.544 bits per heavy atom. The molecule has 0 heterocycles. The molecule has 0 bridgehead atoms. The number of hydrogen-bond donors (Lipinski definition) is 0. The summed E-state index contributed by atoms with van der Waals surface area (Å²) in [5.74, 6) is -0.147. The second-order valence-corrected chi connectivity index (χ2v) is 50.6. The van der Waals surface area contributed by atoms with Crippen LogP contribution in [-0.2, 0) is 62.6 Å². The third-order valence-electron chi connectivity index (χ3n) is 27.8. The molecule has 4 saturated carbocycles. The Labute approximate surface area is 847 Å². The Balaban J connectivity index is 0.000000338. The minimum Gasteiger partial charge on any atom is -0.171 e. The molecule has 12 rings (SSSR count). The Kier molecular flexibility index (Phi) is 46.0. The third-order valence-corrected chi connectivity index (χ3v) is 27.8. The van der Waals surface area contributed by atoms with Crippen molar-refractivity contribution in [2.75, 3.05) is 0 Å². The first-order valence-corrected chi connectivity index (χ1v) is 54.3. The van der Waals surface area contributed by atoms with E-state index in [1.807, 2.05) is 46.8 Å². The van der Waals surface area contributed by atoms with Crippen LogP contribution in [0.15, 0.2) is 182 Å². The van der Waals surface area contributed by atoms with E-state index in [1.54, 1.807) is 23.3 Å². The predicted octanol–water partition coefficient (Wildman–Crippen LogP) is 42.9. The second kappa shape index (κ2) is 55.3. The van der Waals surface area contributed by atoms with E-state index in [2.05, 4.69) is 379 Å². The van der Waals surface area contributed by atoms with E-state index in [4.69, 9.17) is 4.11 Å². The van der Waals surface area contributed by atoms with Gasteiger partial charge in [-0.25, -0.2) is 0 Å². The Morgan fingerprint density at radius 1 is 0.279 bits per heavy atom. The molecule has 0 aromatic heterocycles. The molecule has 762 valence electrons. The molecule has 0 nitrogen and oxygen atoms in total. The summed E-state index contributed by atoms with van der Waals surface area (Å²) in [5, 5.41) is 0. The molecule has 8 aromatic carbocycles. The van der Waals surface area contributed by atoms with Crippen LogP contribution < -0.4 is 0 Å². The van der Waals surface area contributed by atoms with Gasteiger partial charge >= 0.3 is 6.18 Å². The summed E-state index contributed by atoms with van der Waals surface area (Å²) in [6.45, 7) is 84.6. The normalized spacial score (nSPS) is 16.9. The van der Waals surface area contributed by atoms with E-state index >= 15 is 0 Å². The number of hydrogen-bond acceptors (Lipinski definition) is 0. The summed E-state index contributed by atoms with van der Waals surface area (Å²) >= 11 is 0. The van der Waals surface area contributed by atoms with Gasteiger partial charge in [0.15, 0.2) is 0 Å². The standard InChI is InChI=1S/C22H34.C20H34.2C16H24.C15H21F3.C15H24.C14H22.C13H20.C2H6/c1-22(2,3)21-19(17-11-6-4-7-12-17)15-10-16-20(21)18-13-8-5-9-14-18;1-8-15(9-2)17-13-12-14-18(16(10-3)11-4)19(17)20(5,6)7;2*1-16(2,3)15-12-8-7-11-14(15)13-9-5-4-6-10-13;1-13(2,3)12-9-7-6-8-11(12)10-14(4,5)15(16,17)18;1-14(2,3)11-12-9-7-8-10-13(12)15(4,5)6;1-11(2)10-12-8-6-7-9-13(12)14(3,4)5;1-10(2)11-8-6-7-9-12(11)13(3,4)5;1-2/h10,15-18H,4-9,11-14H2,1-3H3;12-16H,8-11H2,1-7H3;2*7-8,11-13H,4-6,9-10H2,1-3H3;6-9H,10H2,1-5H3;7-10H,11H2,1-6H3;6-9,11H,10H2,1-5H3;6-10H,1-5H3;1-2H3/i17D,18D;15D,16D;13D;;;;;;. The molecular formula is C133H209F3. The van der Waals surface area contributed by atoms with Gasteiger partial charge in [0.25, 0.3) is 0 Å². The lowest BCUT2D eigenvalue weighted by molar-refractivity contribution is -0.211. The molecule has 0 atom stereocenters.